The first-order valence-electron chi connectivity index (χ1n) is 5.93. The number of carboxylic acid groups (broad SMARTS) is 1. The van der Waals surface area contributed by atoms with Gasteiger partial charge < -0.3 is 14.7 Å². The van der Waals surface area contributed by atoms with Crippen LogP contribution in [0.2, 0.25) is 0 Å². The third-order valence-electron chi connectivity index (χ3n) is 3.09. The molecule has 0 saturated heterocycles. The standard InChI is InChI=1S/C13H15ClN2O3/c1-19-12-3-2-10(15-11(12)8-14)9-4-6-16(7-5-9)13(17)18/h2-4H,5-8H2,1H3,(H,17,18). The highest BCUT2D eigenvalue weighted by Gasteiger charge is 2.18. The van der Waals surface area contributed by atoms with Gasteiger partial charge in [0, 0.05) is 13.1 Å². The van der Waals surface area contributed by atoms with Crippen LogP contribution in [0.5, 0.6) is 5.75 Å². The molecule has 19 heavy (non-hydrogen) atoms. The third-order valence-corrected chi connectivity index (χ3v) is 3.34. The number of ether oxygens (including phenoxy) is 1. The number of halogens is 1. The zero-order chi connectivity index (χ0) is 13.8. The van der Waals surface area contributed by atoms with Crippen molar-refractivity contribution in [2.24, 2.45) is 0 Å². The molecule has 2 rings (SSSR count). The summed E-state index contributed by atoms with van der Waals surface area (Å²) in [6.45, 7) is 0.889. The Morgan fingerprint density at radius 2 is 2.37 bits per heavy atom. The number of aromatic nitrogens is 1. The van der Waals surface area contributed by atoms with E-state index in [9.17, 15) is 4.79 Å². The lowest BCUT2D eigenvalue weighted by Crippen LogP contribution is -2.33. The molecule has 1 aromatic heterocycles. The predicted molar refractivity (Wildman–Crippen MR) is 72.5 cm³/mol. The van der Waals surface area contributed by atoms with Gasteiger partial charge in [-0.1, -0.05) is 6.08 Å². The van der Waals surface area contributed by atoms with Crippen molar-refractivity contribution in [3.63, 3.8) is 0 Å². The monoisotopic (exact) mass is 282 g/mol. The Balaban J connectivity index is 2.21. The van der Waals surface area contributed by atoms with Crippen LogP contribution in [0.15, 0.2) is 18.2 Å². The van der Waals surface area contributed by atoms with Gasteiger partial charge in [0.05, 0.1) is 24.4 Å². The summed E-state index contributed by atoms with van der Waals surface area (Å²) in [7, 11) is 1.58. The second-order valence-corrected chi connectivity index (χ2v) is 4.45. The van der Waals surface area contributed by atoms with Crippen LogP contribution < -0.4 is 4.74 Å². The quantitative estimate of drug-likeness (QED) is 0.866. The van der Waals surface area contributed by atoms with Crippen molar-refractivity contribution in [2.45, 2.75) is 12.3 Å². The lowest BCUT2D eigenvalue weighted by molar-refractivity contribution is 0.150. The molecule has 6 heteroatoms. The molecule has 0 radical (unpaired) electrons. The van der Waals surface area contributed by atoms with E-state index in [2.05, 4.69) is 4.98 Å². The fourth-order valence-corrected chi connectivity index (χ4v) is 2.22. The fraction of sp³-hybridized carbons (Fsp3) is 0.385. The zero-order valence-corrected chi connectivity index (χ0v) is 11.4. The maximum absolute atomic E-state index is 10.8. The van der Waals surface area contributed by atoms with Gasteiger partial charge >= 0.3 is 6.09 Å². The van der Waals surface area contributed by atoms with E-state index < -0.39 is 6.09 Å². The lowest BCUT2D eigenvalue weighted by Gasteiger charge is -2.23. The number of alkyl halides is 1. The molecule has 0 fully saturated rings. The van der Waals surface area contributed by atoms with Gasteiger partial charge in [0.15, 0.2) is 0 Å². The van der Waals surface area contributed by atoms with Crippen LogP contribution in [0.1, 0.15) is 17.8 Å². The molecule has 1 amide bonds. The Labute approximate surface area is 116 Å². The number of nitrogens with zero attached hydrogens (tertiary/aromatic N) is 2. The Bertz CT molecular complexity index is 517. The van der Waals surface area contributed by atoms with E-state index in [1.165, 1.54) is 4.90 Å². The van der Waals surface area contributed by atoms with Gasteiger partial charge in [0.25, 0.3) is 0 Å². The normalized spacial score (nSPS) is 15.1. The van der Waals surface area contributed by atoms with Crippen molar-refractivity contribution < 1.29 is 14.6 Å². The topological polar surface area (TPSA) is 62.7 Å². The third kappa shape index (κ3) is 2.98. The van der Waals surface area contributed by atoms with Gasteiger partial charge in [-0.25, -0.2) is 9.78 Å². The van der Waals surface area contributed by atoms with Gasteiger partial charge in [0.2, 0.25) is 0 Å². The summed E-state index contributed by atoms with van der Waals surface area (Å²) in [4.78, 5) is 16.7. The van der Waals surface area contributed by atoms with Crippen molar-refractivity contribution in [1.29, 1.82) is 0 Å². The van der Waals surface area contributed by atoms with Crippen LogP contribution in [0.3, 0.4) is 0 Å². The van der Waals surface area contributed by atoms with Crippen LogP contribution in [0.25, 0.3) is 5.57 Å². The molecular formula is C13H15ClN2O3. The van der Waals surface area contributed by atoms with Crippen LogP contribution in [0.4, 0.5) is 4.79 Å². The zero-order valence-electron chi connectivity index (χ0n) is 10.6. The van der Waals surface area contributed by atoms with E-state index in [1.54, 1.807) is 7.11 Å². The highest BCUT2D eigenvalue weighted by atomic mass is 35.5. The van der Waals surface area contributed by atoms with E-state index in [1.807, 2.05) is 18.2 Å². The second-order valence-electron chi connectivity index (χ2n) is 4.19. The number of pyridine rings is 1. The maximum Gasteiger partial charge on any atom is 0.407 e. The van der Waals surface area contributed by atoms with E-state index in [-0.39, 0.29) is 5.88 Å². The Hall–Kier alpha value is -1.75. The summed E-state index contributed by atoms with van der Waals surface area (Å²) in [5, 5.41) is 8.89. The molecule has 0 spiro atoms. The minimum absolute atomic E-state index is 0.283. The van der Waals surface area contributed by atoms with Gasteiger partial charge in [-0.05, 0) is 24.1 Å². The molecule has 1 aliphatic rings. The molecule has 102 valence electrons. The van der Waals surface area contributed by atoms with Gasteiger partial charge in [-0.2, -0.15) is 0 Å². The number of hydrogen-bond acceptors (Lipinski definition) is 3. The molecule has 1 aliphatic heterocycles. The minimum Gasteiger partial charge on any atom is -0.495 e. The average Bonchev–Trinajstić information content (AvgIpc) is 2.46. The van der Waals surface area contributed by atoms with Crippen molar-refractivity contribution in [2.75, 3.05) is 20.2 Å². The molecule has 0 unspecified atom stereocenters. The highest BCUT2D eigenvalue weighted by molar-refractivity contribution is 6.17. The Kier molecular flexibility index (Phi) is 4.27. The molecule has 0 bridgehead atoms. The van der Waals surface area contributed by atoms with Crippen molar-refractivity contribution >= 4 is 23.3 Å². The molecular weight excluding hydrogens is 268 g/mol. The van der Waals surface area contributed by atoms with Crippen molar-refractivity contribution in [1.82, 2.24) is 9.88 Å². The van der Waals surface area contributed by atoms with Crippen molar-refractivity contribution in [3.8, 4) is 5.75 Å². The SMILES string of the molecule is COc1ccc(C2=CCN(C(=O)O)CC2)nc1CCl. The van der Waals surface area contributed by atoms with Crippen LogP contribution in [-0.4, -0.2) is 41.3 Å². The largest absolute Gasteiger partial charge is 0.495 e. The van der Waals surface area contributed by atoms with E-state index in [0.29, 0.717) is 31.0 Å². The summed E-state index contributed by atoms with van der Waals surface area (Å²) in [5.74, 6) is 0.952. The Morgan fingerprint density at radius 1 is 1.58 bits per heavy atom. The van der Waals surface area contributed by atoms with Crippen LogP contribution in [-0.2, 0) is 5.88 Å². The Morgan fingerprint density at radius 3 is 2.89 bits per heavy atom. The summed E-state index contributed by atoms with van der Waals surface area (Å²) in [5.41, 5.74) is 2.58. The minimum atomic E-state index is -0.889. The van der Waals surface area contributed by atoms with Crippen LogP contribution in [0, 0.1) is 0 Å². The lowest BCUT2D eigenvalue weighted by atomic mass is 10.0. The average molecular weight is 283 g/mol. The van der Waals surface area contributed by atoms with Gasteiger partial charge in [-0.3, -0.25) is 0 Å². The molecule has 0 aliphatic carbocycles. The molecule has 0 aromatic carbocycles. The molecule has 2 heterocycles. The van der Waals surface area contributed by atoms with Crippen LogP contribution >= 0.6 is 11.6 Å². The molecule has 1 N–H and O–H groups in total. The van der Waals surface area contributed by atoms with Crippen molar-refractivity contribution in [3.05, 3.63) is 29.6 Å². The number of rotatable bonds is 3. The van der Waals surface area contributed by atoms with Gasteiger partial charge in [-0.15, -0.1) is 11.6 Å². The first-order chi connectivity index (χ1) is 9.15. The smallest absolute Gasteiger partial charge is 0.407 e. The second kappa shape index (κ2) is 5.93. The van der Waals surface area contributed by atoms with E-state index >= 15 is 0 Å². The summed E-state index contributed by atoms with van der Waals surface area (Å²) >= 11 is 5.84. The first kappa shape index (κ1) is 13.7. The number of hydrogen-bond donors (Lipinski definition) is 1. The molecule has 5 nitrogen and oxygen atoms in total. The summed E-state index contributed by atoms with van der Waals surface area (Å²) in [6, 6.07) is 3.71. The number of methoxy groups -OCH3 is 1. The summed E-state index contributed by atoms with van der Waals surface area (Å²) in [6.07, 6.45) is 1.66. The number of amides is 1. The highest BCUT2D eigenvalue weighted by Crippen LogP contribution is 2.25. The molecule has 1 aromatic rings. The first-order valence-corrected chi connectivity index (χ1v) is 6.46. The maximum atomic E-state index is 10.8. The number of carbonyl (C=O) groups is 1. The fourth-order valence-electron chi connectivity index (χ4n) is 2.02. The van der Waals surface area contributed by atoms with Gasteiger partial charge in [0.1, 0.15) is 5.75 Å². The van der Waals surface area contributed by atoms with E-state index in [4.69, 9.17) is 21.4 Å². The predicted octanol–water partition coefficient (Wildman–Crippen LogP) is 2.60. The van der Waals surface area contributed by atoms with E-state index in [0.717, 1.165) is 11.3 Å². The molecule has 0 saturated carbocycles. The molecule has 0 atom stereocenters. The summed E-state index contributed by atoms with van der Waals surface area (Å²) < 4.78 is 5.17.